The summed E-state index contributed by atoms with van der Waals surface area (Å²) >= 11 is 6.40. The predicted octanol–water partition coefficient (Wildman–Crippen LogP) is 5.49. The van der Waals surface area contributed by atoms with E-state index in [-0.39, 0.29) is 17.3 Å². The first-order chi connectivity index (χ1) is 18.6. The van der Waals surface area contributed by atoms with Gasteiger partial charge >= 0.3 is 0 Å². The van der Waals surface area contributed by atoms with E-state index in [0.717, 1.165) is 22.7 Å². The lowest BCUT2D eigenvalue weighted by Crippen LogP contribution is -2.51. The average Bonchev–Trinajstić information content (AvgIpc) is 2.91. The van der Waals surface area contributed by atoms with Crippen LogP contribution in [0.15, 0.2) is 77.7 Å². The number of hydrogen-bond donors (Lipinski definition) is 1. The maximum Gasteiger partial charge on any atom is 0.264 e. The van der Waals surface area contributed by atoms with Gasteiger partial charge in [-0.2, -0.15) is 0 Å². The highest BCUT2D eigenvalue weighted by Gasteiger charge is 2.33. The fourth-order valence-electron chi connectivity index (χ4n) is 4.25. The molecular weight excluding hydrogens is 534 g/mol. The summed E-state index contributed by atoms with van der Waals surface area (Å²) in [5.74, 6) is -0.833. The Labute approximate surface area is 236 Å². The Bertz CT molecular complexity index is 1400. The number of anilines is 1. The van der Waals surface area contributed by atoms with Crippen molar-refractivity contribution >= 4 is 39.1 Å². The van der Waals surface area contributed by atoms with Gasteiger partial charge in [0.05, 0.1) is 10.6 Å². The normalized spacial score (nSPS) is 12.0. The van der Waals surface area contributed by atoms with Gasteiger partial charge in [-0.15, -0.1) is 0 Å². The highest BCUT2D eigenvalue weighted by Crippen LogP contribution is 2.28. The van der Waals surface area contributed by atoms with E-state index in [1.54, 1.807) is 55.5 Å². The van der Waals surface area contributed by atoms with Gasteiger partial charge in [-0.25, -0.2) is 8.42 Å². The van der Waals surface area contributed by atoms with Crippen molar-refractivity contribution in [1.82, 2.24) is 10.2 Å². The first-order valence-electron chi connectivity index (χ1n) is 13.0. The lowest BCUT2D eigenvalue weighted by atomic mass is 10.1. The maximum absolute atomic E-state index is 14.0. The molecule has 0 unspecified atom stereocenters. The molecule has 3 rings (SSSR count). The second-order valence-electron chi connectivity index (χ2n) is 9.55. The van der Waals surface area contributed by atoms with Gasteiger partial charge < -0.3 is 10.2 Å². The van der Waals surface area contributed by atoms with Crippen molar-refractivity contribution in [3.8, 4) is 0 Å². The number of carbonyl (C=O) groups is 2. The number of hydrogen-bond acceptors (Lipinski definition) is 4. The Balaban J connectivity index is 2.03. The van der Waals surface area contributed by atoms with Crippen molar-refractivity contribution in [3.63, 3.8) is 0 Å². The number of amides is 2. The fraction of sp³-hybridized carbons (Fsp3) is 0.333. The summed E-state index contributed by atoms with van der Waals surface area (Å²) in [6.07, 6.45) is 1.73. The van der Waals surface area contributed by atoms with Gasteiger partial charge in [0.1, 0.15) is 12.6 Å². The van der Waals surface area contributed by atoms with Crippen LogP contribution in [0.1, 0.15) is 43.4 Å². The lowest BCUT2D eigenvalue weighted by Gasteiger charge is -2.32. The summed E-state index contributed by atoms with van der Waals surface area (Å²) < 4.78 is 28.9. The number of aryl methyl sites for hydroxylation is 2. The first kappa shape index (κ1) is 30.2. The van der Waals surface area contributed by atoms with Crippen molar-refractivity contribution in [1.29, 1.82) is 0 Å². The summed E-state index contributed by atoms with van der Waals surface area (Å²) in [5.41, 5.74) is 2.74. The van der Waals surface area contributed by atoms with Gasteiger partial charge in [0.2, 0.25) is 11.8 Å². The second-order valence-corrected chi connectivity index (χ2v) is 11.8. The van der Waals surface area contributed by atoms with Gasteiger partial charge in [0.25, 0.3) is 10.0 Å². The van der Waals surface area contributed by atoms with E-state index in [0.29, 0.717) is 28.4 Å². The Morgan fingerprint density at radius 2 is 1.64 bits per heavy atom. The lowest BCUT2D eigenvalue weighted by molar-refractivity contribution is -0.139. The number of halogens is 1. The van der Waals surface area contributed by atoms with Crippen LogP contribution in [-0.4, -0.2) is 44.3 Å². The molecule has 0 aliphatic heterocycles. The highest BCUT2D eigenvalue weighted by atomic mass is 35.5. The van der Waals surface area contributed by atoms with Crippen LogP contribution in [0.2, 0.25) is 5.02 Å². The number of benzene rings is 3. The molecule has 0 spiro atoms. The van der Waals surface area contributed by atoms with Crippen LogP contribution in [0.5, 0.6) is 0 Å². The second kappa shape index (κ2) is 13.6. The zero-order valence-electron chi connectivity index (χ0n) is 22.9. The van der Waals surface area contributed by atoms with Crippen LogP contribution in [0.25, 0.3) is 0 Å². The van der Waals surface area contributed by atoms with E-state index < -0.39 is 28.5 Å². The van der Waals surface area contributed by atoms with Crippen LogP contribution in [-0.2, 0) is 26.2 Å². The Hall–Kier alpha value is -3.36. The fourth-order valence-corrected chi connectivity index (χ4v) is 5.94. The molecule has 208 valence electrons. The van der Waals surface area contributed by atoms with E-state index in [4.69, 9.17) is 11.6 Å². The van der Waals surface area contributed by atoms with E-state index in [1.807, 2.05) is 32.9 Å². The molecule has 2 amide bonds. The molecular formula is C30H36ClN3O4S. The third-order valence-electron chi connectivity index (χ3n) is 6.53. The molecule has 0 aliphatic carbocycles. The van der Waals surface area contributed by atoms with Crippen molar-refractivity contribution in [2.45, 2.75) is 58.0 Å². The van der Waals surface area contributed by atoms with E-state index >= 15 is 0 Å². The smallest absolute Gasteiger partial charge is 0.264 e. The minimum atomic E-state index is -4.10. The van der Waals surface area contributed by atoms with Crippen molar-refractivity contribution < 1.29 is 18.0 Å². The molecule has 0 saturated carbocycles. The molecule has 0 saturated heterocycles. The van der Waals surface area contributed by atoms with Crippen molar-refractivity contribution in [2.75, 3.05) is 17.4 Å². The SMILES string of the molecule is CCCCNC(=O)[C@H](C)N(Cc1ccccc1Cl)C(=O)CN(c1ccc(C)cc1C)S(=O)(=O)c1ccccc1. The van der Waals surface area contributed by atoms with Crippen LogP contribution < -0.4 is 9.62 Å². The van der Waals surface area contributed by atoms with Crippen LogP contribution in [0, 0.1) is 13.8 Å². The molecule has 1 N–H and O–H groups in total. The largest absolute Gasteiger partial charge is 0.354 e. The summed E-state index contributed by atoms with van der Waals surface area (Å²) in [6.45, 7) is 7.45. The minimum Gasteiger partial charge on any atom is -0.354 e. The third kappa shape index (κ3) is 7.61. The standard InChI is InChI=1S/C30H36ClN3O4S/c1-5-6-18-32-30(36)24(4)33(20-25-12-10-11-15-27(25)31)29(35)21-34(28-17-16-22(2)19-23(28)3)39(37,38)26-13-8-7-9-14-26/h7-17,19,24H,5-6,18,20-21H2,1-4H3,(H,32,36)/t24-/m0/s1. The molecule has 9 heteroatoms. The molecule has 0 radical (unpaired) electrons. The Morgan fingerprint density at radius 3 is 2.28 bits per heavy atom. The molecule has 7 nitrogen and oxygen atoms in total. The molecule has 1 atom stereocenters. The molecule has 0 aliphatic rings. The van der Waals surface area contributed by atoms with Crippen molar-refractivity contribution in [3.05, 3.63) is 94.5 Å². The molecule has 0 heterocycles. The van der Waals surface area contributed by atoms with E-state index in [1.165, 1.54) is 17.0 Å². The zero-order chi connectivity index (χ0) is 28.6. The number of nitrogens with zero attached hydrogens (tertiary/aromatic N) is 2. The molecule has 39 heavy (non-hydrogen) atoms. The highest BCUT2D eigenvalue weighted by molar-refractivity contribution is 7.92. The molecule has 3 aromatic carbocycles. The van der Waals surface area contributed by atoms with E-state index in [2.05, 4.69) is 5.32 Å². The van der Waals surface area contributed by atoms with Crippen LogP contribution in [0.4, 0.5) is 5.69 Å². The van der Waals surface area contributed by atoms with Gasteiger partial charge in [-0.3, -0.25) is 13.9 Å². The maximum atomic E-state index is 14.0. The third-order valence-corrected chi connectivity index (χ3v) is 8.67. The number of nitrogens with one attached hydrogen (secondary N) is 1. The molecule has 3 aromatic rings. The minimum absolute atomic E-state index is 0.0486. The average molecular weight is 570 g/mol. The molecule has 0 aromatic heterocycles. The number of unbranched alkanes of at least 4 members (excludes halogenated alkanes) is 1. The van der Waals surface area contributed by atoms with Gasteiger partial charge in [-0.1, -0.05) is 79.0 Å². The number of carbonyl (C=O) groups excluding carboxylic acids is 2. The van der Waals surface area contributed by atoms with Gasteiger partial charge in [0, 0.05) is 18.1 Å². The summed E-state index contributed by atoms with van der Waals surface area (Å²) in [5, 5.41) is 3.33. The van der Waals surface area contributed by atoms with Crippen LogP contribution in [0.3, 0.4) is 0 Å². The van der Waals surface area contributed by atoms with Gasteiger partial charge in [0.15, 0.2) is 0 Å². The predicted molar refractivity (Wildman–Crippen MR) is 156 cm³/mol. The topological polar surface area (TPSA) is 86.8 Å². The quantitative estimate of drug-likeness (QED) is 0.292. The monoisotopic (exact) mass is 569 g/mol. The Kier molecular flexibility index (Phi) is 10.5. The van der Waals surface area contributed by atoms with E-state index in [9.17, 15) is 18.0 Å². The summed E-state index contributed by atoms with van der Waals surface area (Å²) in [4.78, 5) is 28.5. The summed E-state index contributed by atoms with van der Waals surface area (Å²) in [7, 11) is -4.10. The molecule has 0 fully saturated rings. The van der Waals surface area contributed by atoms with Gasteiger partial charge in [-0.05, 0) is 62.6 Å². The van der Waals surface area contributed by atoms with Crippen LogP contribution >= 0.6 is 11.6 Å². The number of sulfonamides is 1. The zero-order valence-corrected chi connectivity index (χ0v) is 24.4. The molecule has 0 bridgehead atoms. The van der Waals surface area contributed by atoms with Crippen molar-refractivity contribution in [2.24, 2.45) is 0 Å². The Morgan fingerprint density at radius 1 is 0.974 bits per heavy atom. The summed E-state index contributed by atoms with van der Waals surface area (Å²) in [6, 6.07) is 19.6. The first-order valence-corrected chi connectivity index (χ1v) is 14.8. The number of rotatable bonds is 12.